The molecule has 8 rings (SSSR count). The average Bonchev–Trinajstić information content (AvgIpc) is 3.41. The largest absolute Gasteiger partial charge is 0.0642 e. The van der Waals surface area contributed by atoms with Crippen LogP contribution >= 0.6 is 0 Å². The van der Waals surface area contributed by atoms with Gasteiger partial charge in [0.25, 0.3) is 0 Å². The SMILES string of the molecule is CCC1(C)c2ccccc2-c2ccc(-c3c4ccccc4c4c5c(cccc35)-c3ccccc3-4)cc21. The lowest BCUT2D eigenvalue weighted by atomic mass is 9.77. The predicted octanol–water partition coefficient (Wildman–Crippen LogP) is 10.0. The third kappa shape index (κ3) is 2.35. The summed E-state index contributed by atoms with van der Waals surface area (Å²) in [6.45, 7) is 4.74. The van der Waals surface area contributed by atoms with Crippen LogP contribution in [0.5, 0.6) is 0 Å². The zero-order valence-electron chi connectivity index (χ0n) is 20.6. The average molecular weight is 459 g/mol. The summed E-state index contributed by atoms with van der Waals surface area (Å²) in [5.74, 6) is 0. The Balaban J connectivity index is 1.49. The minimum absolute atomic E-state index is 0.0306. The summed E-state index contributed by atoms with van der Waals surface area (Å²) in [6.07, 6.45) is 1.08. The molecule has 0 spiro atoms. The molecule has 0 heterocycles. The second-order valence-electron chi connectivity index (χ2n) is 10.6. The minimum atomic E-state index is 0.0306. The summed E-state index contributed by atoms with van der Waals surface area (Å²) in [6, 6.07) is 41.0. The van der Waals surface area contributed by atoms with Gasteiger partial charge in [-0.15, -0.1) is 0 Å². The summed E-state index contributed by atoms with van der Waals surface area (Å²) in [5.41, 5.74) is 13.9. The van der Waals surface area contributed by atoms with Gasteiger partial charge in [0.05, 0.1) is 0 Å². The molecule has 6 aromatic rings. The van der Waals surface area contributed by atoms with Gasteiger partial charge in [0.2, 0.25) is 0 Å². The number of hydrogen-bond acceptors (Lipinski definition) is 0. The fraction of sp³-hybridized carbons (Fsp3) is 0.111. The normalized spacial score (nSPS) is 16.8. The molecule has 2 aliphatic rings. The van der Waals surface area contributed by atoms with E-state index in [2.05, 4.69) is 123 Å². The van der Waals surface area contributed by atoms with Gasteiger partial charge in [-0.2, -0.15) is 0 Å². The molecule has 0 radical (unpaired) electrons. The third-order valence-electron chi connectivity index (χ3n) is 8.96. The number of fused-ring (bicyclic) bond motifs is 8. The molecule has 0 saturated heterocycles. The first-order chi connectivity index (χ1) is 17.7. The Labute approximate surface area is 211 Å². The summed E-state index contributed by atoms with van der Waals surface area (Å²) >= 11 is 0. The Hall–Kier alpha value is -4.16. The van der Waals surface area contributed by atoms with Gasteiger partial charge in [0.15, 0.2) is 0 Å². The van der Waals surface area contributed by atoms with Gasteiger partial charge in [0, 0.05) is 5.41 Å². The van der Waals surface area contributed by atoms with Crippen molar-refractivity contribution in [1.29, 1.82) is 0 Å². The van der Waals surface area contributed by atoms with Crippen LogP contribution in [0.1, 0.15) is 31.4 Å². The first-order valence-electron chi connectivity index (χ1n) is 13.0. The highest BCUT2D eigenvalue weighted by Gasteiger charge is 2.38. The van der Waals surface area contributed by atoms with E-state index in [1.165, 1.54) is 77.2 Å². The second kappa shape index (κ2) is 6.95. The van der Waals surface area contributed by atoms with Crippen molar-refractivity contribution in [2.75, 3.05) is 0 Å². The van der Waals surface area contributed by atoms with Crippen molar-refractivity contribution in [1.82, 2.24) is 0 Å². The van der Waals surface area contributed by atoms with E-state index < -0.39 is 0 Å². The van der Waals surface area contributed by atoms with E-state index in [-0.39, 0.29) is 5.41 Å². The molecule has 0 aliphatic heterocycles. The molecule has 0 bridgehead atoms. The van der Waals surface area contributed by atoms with E-state index in [1.807, 2.05) is 0 Å². The standard InChI is InChI=1S/C36H26/c1-3-36(2)31-18-9-8-12-24(31)25-20-19-22(21-32(25)36)33-28-14-6-7-15-29(28)34-26-13-5-4-11-23(26)27-16-10-17-30(33)35(27)34/h4-21H,3H2,1-2H3. The highest BCUT2D eigenvalue weighted by molar-refractivity contribution is 6.29. The highest BCUT2D eigenvalue weighted by Crippen LogP contribution is 2.55. The molecule has 0 amide bonds. The lowest BCUT2D eigenvalue weighted by Crippen LogP contribution is -2.19. The zero-order chi connectivity index (χ0) is 24.0. The molecule has 0 aromatic heterocycles. The van der Waals surface area contributed by atoms with Gasteiger partial charge < -0.3 is 0 Å². The van der Waals surface area contributed by atoms with Crippen LogP contribution in [0.4, 0.5) is 0 Å². The maximum absolute atomic E-state index is 2.50. The summed E-state index contributed by atoms with van der Waals surface area (Å²) in [7, 11) is 0. The Morgan fingerprint density at radius 2 is 1.11 bits per heavy atom. The molecule has 1 unspecified atom stereocenters. The highest BCUT2D eigenvalue weighted by atomic mass is 14.4. The van der Waals surface area contributed by atoms with E-state index >= 15 is 0 Å². The molecule has 2 aliphatic carbocycles. The third-order valence-corrected chi connectivity index (χ3v) is 8.96. The van der Waals surface area contributed by atoms with Gasteiger partial charge in [0.1, 0.15) is 0 Å². The van der Waals surface area contributed by atoms with Crippen molar-refractivity contribution in [2.24, 2.45) is 0 Å². The maximum Gasteiger partial charge on any atom is 0.0184 e. The van der Waals surface area contributed by atoms with Crippen LogP contribution in [0.3, 0.4) is 0 Å². The van der Waals surface area contributed by atoms with E-state index in [1.54, 1.807) is 0 Å². The Morgan fingerprint density at radius 1 is 0.500 bits per heavy atom. The van der Waals surface area contributed by atoms with E-state index in [9.17, 15) is 0 Å². The summed E-state index contributed by atoms with van der Waals surface area (Å²) in [5, 5.41) is 5.43. The van der Waals surface area contributed by atoms with Crippen LogP contribution in [0.15, 0.2) is 109 Å². The van der Waals surface area contributed by atoms with Crippen molar-refractivity contribution >= 4 is 21.5 Å². The molecule has 36 heavy (non-hydrogen) atoms. The van der Waals surface area contributed by atoms with Crippen molar-refractivity contribution in [2.45, 2.75) is 25.7 Å². The number of rotatable bonds is 2. The van der Waals surface area contributed by atoms with Crippen molar-refractivity contribution < 1.29 is 0 Å². The first-order valence-corrected chi connectivity index (χ1v) is 13.0. The molecule has 0 heteroatoms. The van der Waals surface area contributed by atoms with E-state index in [0.29, 0.717) is 0 Å². The Kier molecular flexibility index (Phi) is 3.88. The van der Waals surface area contributed by atoms with Crippen LogP contribution in [0, 0.1) is 0 Å². The predicted molar refractivity (Wildman–Crippen MR) is 154 cm³/mol. The van der Waals surface area contributed by atoms with Crippen LogP contribution < -0.4 is 0 Å². The quantitative estimate of drug-likeness (QED) is 0.226. The van der Waals surface area contributed by atoms with Gasteiger partial charge in [-0.25, -0.2) is 0 Å². The van der Waals surface area contributed by atoms with Gasteiger partial charge >= 0.3 is 0 Å². The molecule has 0 saturated carbocycles. The molecular formula is C36H26. The second-order valence-corrected chi connectivity index (χ2v) is 10.6. The summed E-state index contributed by atoms with van der Waals surface area (Å²) in [4.78, 5) is 0. The van der Waals surface area contributed by atoms with E-state index in [4.69, 9.17) is 0 Å². The molecule has 170 valence electrons. The Morgan fingerprint density at radius 3 is 1.92 bits per heavy atom. The van der Waals surface area contributed by atoms with E-state index in [0.717, 1.165) is 6.42 Å². The van der Waals surface area contributed by atoms with Crippen LogP contribution in [-0.2, 0) is 5.41 Å². The van der Waals surface area contributed by atoms with Crippen LogP contribution in [-0.4, -0.2) is 0 Å². The fourth-order valence-corrected chi connectivity index (χ4v) is 7.10. The zero-order valence-corrected chi connectivity index (χ0v) is 20.6. The number of benzene rings is 6. The molecule has 0 N–H and O–H groups in total. The molecular weight excluding hydrogens is 432 g/mol. The van der Waals surface area contributed by atoms with Crippen molar-refractivity contribution in [3.63, 3.8) is 0 Å². The van der Waals surface area contributed by atoms with Crippen molar-refractivity contribution in [3.05, 3.63) is 120 Å². The van der Waals surface area contributed by atoms with Crippen molar-refractivity contribution in [3.8, 4) is 44.5 Å². The smallest absolute Gasteiger partial charge is 0.0184 e. The molecule has 1 atom stereocenters. The maximum atomic E-state index is 2.50. The fourth-order valence-electron chi connectivity index (χ4n) is 7.10. The minimum Gasteiger partial charge on any atom is -0.0642 e. The van der Waals surface area contributed by atoms with Crippen LogP contribution in [0.25, 0.3) is 66.1 Å². The molecule has 0 nitrogen and oxygen atoms in total. The summed E-state index contributed by atoms with van der Waals surface area (Å²) < 4.78 is 0. The van der Waals surface area contributed by atoms with Crippen LogP contribution in [0.2, 0.25) is 0 Å². The lowest BCUT2D eigenvalue weighted by Gasteiger charge is -2.26. The topological polar surface area (TPSA) is 0 Å². The molecule has 0 fully saturated rings. The number of hydrogen-bond donors (Lipinski definition) is 0. The Bertz CT molecular complexity index is 1890. The molecule has 6 aromatic carbocycles. The first kappa shape index (κ1) is 20.1. The van der Waals surface area contributed by atoms with Gasteiger partial charge in [-0.05, 0) is 89.7 Å². The monoisotopic (exact) mass is 458 g/mol. The lowest BCUT2D eigenvalue weighted by molar-refractivity contribution is 0.565. The van der Waals surface area contributed by atoms with Gasteiger partial charge in [-0.1, -0.05) is 117 Å². The van der Waals surface area contributed by atoms with Gasteiger partial charge in [-0.3, -0.25) is 0 Å².